The van der Waals surface area contributed by atoms with Gasteiger partial charge in [-0.1, -0.05) is 19.8 Å². The Kier molecular flexibility index (Phi) is 6.20. The molecule has 1 unspecified atom stereocenters. The summed E-state index contributed by atoms with van der Waals surface area (Å²) in [5.41, 5.74) is 0. The van der Waals surface area contributed by atoms with Crippen molar-refractivity contribution in [3.63, 3.8) is 0 Å². The lowest BCUT2D eigenvalue weighted by Crippen LogP contribution is -2.32. The van der Waals surface area contributed by atoms with Gasteiger partial charge in [-0.15, -0.1) is 0 Å². The van der Waals surface area contributed by atoms with Crippen molar-refractivity contribution in [3.8, 4) is 0 Å². The van der Waals surface area contributed by atoms with E-state index in [1.807, 2.05) is 0 Å². The van der Waals surface area contributed by atoms with Crippen LogP contribution in [0.3, 0.4) is 0 Å². The smallest absolute Gasteiger partial charge is 0.0701 e. The molecule has 1 fully saturated rings. The van der Waals surface area contributed by atoms with E-state index in [-0.39, 0.29) is 0 Å². The summed E-state index contributed by atoms with van der Waals surface area (Å²) in [7, 11) is 0. The van der Waals surface area contributed by atoms with E-state index in [2.05, 4.69) is 18.7 Å². The molecule has 0 N–H and O–H groups in total. The Hall–Kier alpha value is -0.0800. The predicted molar refractivity (Wildman–Crippen MR) is 60.6 cm³/mol. The van der Waals surface area contributed by atoms with Gasteiger partial charge in [-0.05, 0) is 39.3 Å². The maximum Gasteiger partial charge on any atom is 0.0701 e. The third kappa shape index (κ3) is 4.43. The van der Waals surface area contributed by atoms with Crippen LogP contribution in [0, 0.1) is 0 Å². The van der Waals surface area contributed by atoms with Crippen LogP contribution in [0.25, 0.3) is 0 Å². The Morgan fingerprint density at radius 1 is 1.21 bits per heavy atom. The monoisotopic (exact) mass is 199 g/mol. The summed E-state index contributed by atoms with van der Waals surface area (Å²) < 4.78 is 5.76. The van der Waals surface area contributed by atoms with E-state index in [4.69, 9.17) is 4.74 Å². The van der Waals surface area contributed by atoms with Gasteiger partial charge in [0.15, 0.2) is 0 Å². The fourth-order valence-electron chi connectivity index (χ4n) is 2.15. The maximum atomic E-state index is 5.76. The molecular weight excluding hydrogens is 174 g/mol. The lowest BCUT2D eigenvalue weighted by atomic mass is 10.1. The van der Waals surface area contributed by atoms with Crippen molar-refractivity contribution in [2.24, 2.45) is 0 Å². The van der Waals surface area contributed by atoms with E-state index in [1.54, 1.807) is 0 Å². The second-order valence-corrected chi connectivity index (χ2v) is 4.23. The first-order valence-corrected chi connectivity index (χ1v) is 6.20. The molecule has 0 bridgehead atoms. The second kappa shape index (κ2) is 7.24. The Morgan fingerprint density at radius 2 is 1.93 bits per heavy atom. The lowest BCUT2D eigenvalue weighted by molar-refractivity contribution is 0.0320. The van der Waals surface area contributed by atoms with Gasteiger partial charge in [0.1, 0.15) is 0 Å². The molecule has 2 nitrogen and oxygen atoms in total. The van der Waals surface area contributed by atoms with E-state index in [1.165, 1.54) is 45.2 Å². The van der Waals surface area contributed by atoms with Crippen LogP contribution in [0.15, 0.2) is 0 Å². The molecule has 2 heteroatoms. The second-order valence-electron chi connectivity index (χ2n) is 4.23. The number of rotatable bonds is 7. The molecule has 1 heterocycles. The SMILES string of the molecule is CCCCC(CN1CCCC1)OCC. The quantitative estimate of drug-likeness (QED) is 0.625. The van der Waals surface area contributed by atoms with E-state index in [0.717, 1.165) is 13.2 Å². The number of ether oxygens (including phenoxy) is 1. The minimum absolute atomic E-state index is 0.484. The summed E-state index contributed by atoms with van der Waals surface area (Å²) in [4.78, 5) is 2.55. The lowest BCUT2D eigenvalue weighted by Gasteiger charge is -2.23. The fraction of sp³-hybridized carbons (Fsp3) is 1.00. The standard InChI is InChI=1S/C12H25NO/c1-3-5-8-12(14-4-2)11-13-9-6-7-10-13/h12H,3-11H2,1-2H3. The highest BCUT2D eigenvalue weighted by molar-refractivity contribution is 4.71. The molecule has 0 radical (unpaired) electrons. The third-order valence-electron chi connectivity index (χ3n) is 2.94. The van der Waals surface area contributed by atoms with Gasteiger partial charge < -0.3 is 9.64 Å². The van der Waals surface area contributed by atoms with Crippen molar-refractivity contribution in [2.45, 2.75) is 52.1 Å². The van der Waals surface area contributed by atoms with Crippen molar-refractivity contribution < 1.29 is 4.74 Å². The molecule has 84 valence electrons. The largest absolute Gasteiger partial charge is 0.377 e. The van der Waals surface area contributed by atoms with Gasteiger partial charge >= 0.3 is 0 Å². The van der Waals surface area contributed by atoms with Crippen LogP contribution >= 0.6 is 0 Å². The van der Waals surface area contributed by atoms with Crippen LogP contribution < -0.4 is 0 Å². The van der Waals surface area contributed by atoms with Gasteiger partial charge in [0.25, 0.3) is 0 Å². The molecule has 0 saturated carbocycles. The predicted octanol–water partition coefficient (Wildman–Crippen LogP) is 2.68. The summed E-state index contributed by atoms with van der Waals surface area (Å²) in [6, 6.07) is 0. The molecule has 0 aromatic rings. The zero-order valence-corrected chi connectivity index (χ0v) is 9.80. The highest BCUT2D eigenvalue weighted by atomic mass is 16.5. The third-order valence-corrected chi connectivity index (χ3v) is 2.94. The first-order valence-electron chi connectivity index (χ1n) is 6.20. The molecule has 1 aliphatic heterocycles. The van der Waals surface area contributed by atoms with Crippen LogP contribution in [-0.2, 0) is 4.74 Å². The van der Waals surface area contributed by atoms with E-state index in [0.29, 0.717) is 6.10 Å². The van der Waals surface area contributed by atoms with Gasteiger partial charge in [-0.3, -0.25) is 0 Å². The summed E-state index contributed by atoms with van der Waals surface area (Å²) >= 11 is 0. The van der Waals surface area contributed by atoms with Crippen LogP contribution in [0.2, 0.25) is 0 Å². The Balaban J connectivity index is 2.18. The minimum atomic E-state index is 0.484. The average molecular weight is 199 g/mol. The zero-order valence-electron chi connectivity index (χ0n) is 9.80. The van der Waals surface area contributed by atoms with Gasteiger partial charge in [0.2, 0.25) is 0 Å². The Morgan fingerprint density at radius 3 is 2.50 bits per heavy atom. The molecule has 1 aliphatic rings. The Bertz CT molecular complexity index is 132. The number of likely N-dealkylation sites (tertiary alicyclic amines) is 1. The van der Waals surface area contributed by atoms with Crippen LogP contribution in [0.1, 0.15) is 46.0 Å². The average Bonchev–Trinajstić information content (AvgIpc) is 2.67. The van der Waals surface area contributed by atoms with Crippen LogP contribution in [-0.4, -0.2) is 37.2 Å². The summed E-state index contributed by atoms with van der Waals surface area (Å²) in [5.74, 6) is 0. The van der Waals surface area contributed by atoms with Crippen LogP contribution in [0.5, 0.6) is 0 Å². The molecule has 1 atom stereocenters. The maximum absolute atomic E-state index is 5.76. The van der Waals surface area contributed by atoms with E-state index in [9.17, 15) is 0 Å². The molecule has 1 rings (SSSR count). The topological polar surface area (TPSA) is 12.5 Å². The molecule has 0 aliphatic carbocycles. The number of nitrogens with zero attached hydrogens (tertiary/aromatic N) is 1. The molecule has 14 heavy (non-hydrogen) atoms. The molecular formula is C12H25NO. The van der Waals surface area contributed by atoms with Crippen molar-refractivity contribution in [3.05, 3.63) is 0 Å². The van der Waals surface area contributed by atoms with Gasteiger partial charge in [0.05, 0.1) is 6.10 Å². The van der Waals surface area contributed by atoms with Crippen molar-refractivity contribution in [1.82, 2.24) is 4.90 Å². The van der Waals surface area contributed by atoms with Crippen LogP contribution in [0.4, 0.5) is 0 Å². The van der Waals surface area contributed by atoms with Crippen molar-refractivity contribution >= 4 is 0 Å². The van der Waals surface area contributed by atoms with Crippen molar-refractivity contribution in [1.29, 1.82) is 0 Å². The Labute approximate surface area is 88.6 Å². The summed E-state index contributed by atoms with van der Waals surface area (Å²) in [5, 5.41) is 0. The van der Waals surface area contributed by atoms with E-state index < -0.39 is 0 Å². The van der Waals surface area contributed by atoms with Gasteiger partial charge in [-0.2, -0.15) is 0 Å². The normalized spacial score (nSPS) is 20.1. The van der Waals surface area contributed by atoms with E-state index >= 15 is 0 Å². The summed E-state index contributed by atoms with van der Waals surface area (Å²) in [6.07, 6.45) is 7.07. The molecule has 0 spiro atoms. The molecule has 0 aromatic heterocycles. The summed E-state index contributed by atoms with van der Waals surface area (Å²) in [6.45, 7) is 8.95. The first kappa shape index (κ1) is 12.0. The van der Waals surface area contributed by atoms with Gasteiger partial charge in [-0.25, -0.2) is 0 Å². The molecule has 0 aromatic carbocycles. The van der Waals surface area contributed by atoms with Gasteiger partial charge in [0, 0.05) is 13.2 Å². The first-order chi connectivity index (χ1) is 6.86. The fourth-order valence-corrected chi connectivity index (χ4v) is 2.15. The van der Waals surface area contributed by atoms with Crippen molar-refractivity contribution in [2.75, 3.05) is 26.2 Å². The minimum Gasteiger partial charge on any atom is -0.377 e. The number of hydrogen-bond acceptors (Lipinski definition) is 2. The zero-order chi connectivity index (χ0) is 10.2. The molecule has 0 amide bonds. The molecule has 1 saturated heterocycles. The number of unbranched alkanes of at least 4 members (excludes halogenated alkanes) is 1. The highest BCUT2D eigenvalue weighted by Gasteiger charge is 2.16. The highest BCUT2D eigenvalue weighted by Crippen LogP contribution is 2.12. The number of hydrogen-bond donors (Lipinski definition) is 0.